The van der Waals surface area contributed by atoms with E-state index < -0.39 is 0 Å². The van der Waals surface area contributed by atoms with Gasteiger partial charge in [-0.05, 0) is 49.3 Å². The minimum absolute atomic E-state index is 0.721. The van der Waals surface area contributed by atoms with Crippen LogP contribution in [0.2, 0.25) is 0 Å². The van der Waals surface area contributed by atoms with Crippen LogP contribution in [0.1, 0.15) is 50.2 Å². The predicted octanol–water partition coefficient (Wildman–Crippen LogP) is 4.82. The van der Waals surface area contributed by atoms with Gasteiger partial charge in [-0.2, -0.15) is 0 Å². The van der Waals surface area contributed by atoms with E-state index in [2.05, 4.69) is 53.3 Å². The fourth-order valence-corrected chi connectivity index (χ4v) is 3.02. The molecule has 2 rings (SSSR count). The van der Waals surface area contributed by atoms with E-state index in [9.17, 15) is 0 Å². The van der Waals surface area contributed by atoms with Crippen LogP contribution in [-0.4, -0.2) is 6.04 Å². The maximum Gasteiger partial charge on any atom is 0.0208 e. The van der Waals surface area contributed by atoms with Crippen molar-refractivity contribution < 1.29 is 0 Å². The monoisotopic (exact) mass is 309 g/mol. The number of hydrogen-bond acceptors (Lipinski definition) is 1. The van der Waals surface area contributed by atoms with Crippen LogP contribution in [-0.2, 0) is 6.54 Å². The second-order valence-electron chi connectivity index (χ2n) is 5.77. The Bertz CT molecular complexity index is 389. The molecule has 1 aromatic carbocycles. The fourth-order valence-electron chi connectivity index (χ4n) is 2.77. The zero-order valence-electron chi connectivity index (χ0n) is 11.5. The van der Waals surface area contributed by atoms with Crippen molar-refractivity contribution in [3.05, 3.63) is 33.8 Å². The van der Waals surface area contributed by atoms with Gasteiger partial charge in [0.2, 0.25) is 0 Å². The van der Waals surface area contributed by atoms with Gasteiger partial charge >= 0.3 is 0 Å². The Labute approximate surface area is 119 Å². The van der Waals surface area contributed by atoms with E-state index in [1.54, 1.807) is 0 Å². The van der Waals surface area contributed by atoms with Crippen molar-refractivity contribution in [1.29, 1.82) is 0 Å². The minimum atomic E-state index is 0.721. The normalized spacial score (nSPS) is 24.8. The number of halogens is 1. The van der Waals surface area contributed by atoms with Gasteiger partial charge in [0.05, 0.1) is 0 Å². The Hall–Kier alpha value is -0.340. The summed E-state index contributed by atoms with van der Waals surface area (Å²) in [6, 6.07) is 7.36. The molecule has 2 unspecified atom stereocenters. The maximum absolute atomic E-state index is 3.73. The first kappa shape index (κ1) is 14.1. The number of nitrogens with one attached hydrogen (secondary N) is 1. The van der Waals surface area contributed by atoms with Gasteiger partial charge in [-0.25, -0.2) is 0 Å². The van der Waals surface area contributed by atoms with Gasteiger partial charge in [-0.15, -0.1) is 0 Å². The summed E-state index contributed by atoms with van der Waals surface area (Å²) < 4.78 is 1.20. The molecule has 1 saturated carbocycles. The van der Waals surface area contributed by atoms with Crippen LogP contribution in [0.25, 0.3) is 0 Å². The molecule has 0 bridgehead atoms. The Morgan fingerprint density at radius 1 is 1.22 bits per heavy atom. The molecule has 100 valence electrons. The lowest BCUT2D eigenvalue weighted by Gasteiger charge is -2.16. The van der Waals surface area contributed by atoms with E-state index in [0.29, 0.717) is 0 Å². The molecule has 1 fully saturated rings. The van der Waals surface area contributed by atoms with Crippen molar-refractivity contribution in [3.63, 3.8) is 0 Å². The third-order valence-electron chi connectivity index (χ3n) is 4.07. The average molecular weight is 310 g/mol. The van der Waals surface area contributed by atoms with Crippen molar-refractivity contribution in [1.82, 2.24) is 5.32 Å². The Kier molecular flexibility index (Phi) is 5.25. The summed E-state index contributed by atoms with van der Waals surface area (Å²) >= 11 is 3.55. The van der Waals surface area contributed by atoms with E-state index in [4.69, 9.17) is 0 Å². The van der Waals surface area contributed by atoms with Crippen molar-refractivity contribution in [3.8, 4) is 0 Å². The summed E-state index contributed by atoms with van der Waals surface area (Å²) in [5.74, 6) is 0.923. The summed E-state index contributed by atoms with van der Waals surface area (Å²) in [4.78, 5) is 0. The first-order chi connectivity index (χ1) is 8.65. The highest BCUT2D eigenvalue weighted by Crippen LogP contribution is 2.23. The molecule has 0 amide bonds. The SMILES string of the molecule is Cc1cc(CNC2CCCC(C)CC2)ccc1Br. The van der Waals surface area contributed by atoms with Gasteiger partial charge in [0, 0.05) is 17.1 Å². The van der Waals surface area contributed by atoms with E-state index >= 15 is 0 Å². The third kappa shape index (κ3) is 4.10. The molecule has 0 aliphatic heterocycles. The lowest BCUT2D eigenvalue weighted by molar-refractivity contribution is 0.447. The lowest BCUT2D eigenvalue weighted by Crippen LogP contribution is -2.27. The average Bonchev–Trinajstić information content (AvgIpc) is 2.56. The minimum Gasteiger partial charge on any atom is -0.310 e. The molecule has 0 heterocycles. The topological polar surface area (TPSA) is 12.0 Å². The molecule has 1 N–H and O–H groups in total. The standard InChI is InChI=1S/C16H24BrN/c1-12-4-3-5-15(8-6-12)18-11-14-7-9-16(17)13(2)10-14/h7,9-10,12,15,18H,3-6,8,11H2,1-2H3. The molecular weight excluding hydrogens is 286 g/mol. The maximum atomic E-state index is 3.73. The van der Waals surface area contributed by atoms with E-state index in [1.807, 2.05) is 0 Å². The molecule has 1 aliphatic carbocycles. The van der Waals surface area contributed by atoms with E-state index in [-0.39, 0.29) is 0 Å². The van der Waals surface area contributed by atoms with Crippen LogP contribution < -0.4 is 5.32 Å². The van der Waals surface area contributed by atoms with Crippen LogP contribution in [0.5, 0.6) is 0 Å². The summed E-state index contributed by atoms with van der Waals surface area (Å²) in [5, 5.41) is 3.73. The van der Waals surface area contributed by atoms with Crippen molar-refractivity contribution >= 4 is 15.9 Å². The summed E-state index contributed by atoms with van der Waals surface area (Å²) in [6.45, 7) is 5.55. The number of benzene rings is 1. The molecule has 18 heavy (non-hydrogen) atoms. The molecule has 0 spiro atoms. The van der Waals surface area contributed by atoms with Gasteiger partial charge < -0.3 is 5.32 Å². The Balaban J connectivity index is 1.85. The van der Waals surface area contributed by atoms with Crippen LogP contribution in [0.15, 0.2) is 22.7 Å². The fraction of sp³-hybridized carbons (Fsp3) is 0.625. The van der Waals surface area contributed by atoms with Gasteiger partial charge in [-0.3, -0.25) is 0 Å². The van der Waals surface area contributed by atoms with Crippen LogP contribution >= 0.6 is 15.9 Å². The van der Waals surface area contributed by atoms with Gasteiger partial charge in [0.25, 0.3) is 0 Å². The number of rotatable bonds is 3. The first-order valence-corrected chi connectivity index (χ1v) is 7.93. The number of aryl methyl sites for hydroxylation is 1. The van der Waals surface area contributed by atoms with Crippen LogP contribution in [0.3, 0.4) is 0 Å². The van der Waals surface area contributed by atoms with Crippen LogP contribution in [0.4, 0.5) is 0 Å². The molecule has 2 atom stereocenters. The third-order valence-corrected chi connectivity index (χ3v) is 4.96. The molecule has 0 saturated heterocycles. The van der Waals surface area contributed by atoms with Gasteiger partial charge in [0.1, 0.15) is 0 Å². The second-order valence-corrected chi connectivity index (χ2v) is 6.63. The summed E-state index contributed by atoms with van der Waals surface area (Å²) in [5.41, 5.74) is 2.72. The van der Waals surface area contributed by atoms with Crippen molar-refractivity contribution in [2.24, 2.45) is 5.92 Å². The predicted molar refractivity (Wildman–Crippen MR) is 81.8 cm³/mol. The molecule has 1 aromatic rings. The largest absolute Gasteiger partial charge is 0.310 e. The number of hydrogen-bond donors (Lipinski definition) is 1. The Morgan fingerprint density at radius 2 is 2.06 bits per heavy atom. The van der Waals surface area contributed by atoms with E-state index in [0.717, 1.165) is 18.5 Å². The van der Waals surface area contributed by atoms with Crippen molar-refractivity contribution in [2.45, 2.75) is 58.5 Å². The van der Waals surface area contributed by atoms with Crippen molar-refractivity contribution in [2.75, 3.05) is 0 Å². The van der Waals surface area contributed by atoms with E-state index in [1.165, 1.54) is 47.7 Å². The zero-order valence-corrected chi connectivity index (χ0v) is 13.1. The Morgan fingerprint density at radius 3 is 2.83 bits per heavy atom. The zero-order chi connectivity index (χ0) is 13.0. The highest BCUT2D eigenvalue weighted by atomic mass is 79.9. The molecule has 1 aliphatic rings. The lowest BCUT2D eigenvalue weighted by atomic mass is 10.0. The molecule has 2 heteroatoms. The quantitative estimate of drug-likeness (QED) is 0.790. The molecular formula is C16H24BrN. The molecule has 0 aromatic heterocycles. The smallest absolute Gasteiger partial charge is 0.0208 e. The van der Waals surface area contributed by atoms with Gasteiger partial charge in [0.15, 0.2) is 0 Å². The highest BCUT2D eigenvalue weighted by Gasteiger charge is 2.15. The highest BCUT2D eigenvalue weighted by molar-refractivity contribution is 9.10. The summed E-state index contributed by atoms with van der Waals surface area (Å²) in [7, 11) is 0. The van der Waals surface area contributed by atoms with Crippen LogP contribution in [0, 0.1) is 12.8 Å². The first-order valence-electron chi connectivity index (χ1n) is 7.13. The second kappa shape index (κ2) is 6.72. The molecule has 0 radical (unpaired) electrons. The molecule has 1 nitrogen and oxygen atoms in total. The summed E-state index contributed by atoms with van der Waals surface area (Å²) in [6.07, 6.45) is 6.88. The van der Waals surface area contributed by atoms with Gasteiger partial charge in [-0.1, -0.05) is 47.8 Å².